The van der Waals surface area contributed by atoms with Crippen molar-refractivity contribution in [2.45, 2.75) is 44.9 Å². The Morgan fingerprint density at radius 1 is 1.00 bits per heavy atom. The molecule has 0 heterocycles. The molecular formula is C13H17Br. The van der Waals surface area contributed by atoms with Crippen LogP contribution < -0.4 is 0 Å². The summed E-state index contributed by atoms with van der Waals surface area (Å²) in [5.41, 5.74) is 3.69. The Kier molecular flexibility index (Phi) is 2.08. The highest BCUT2D eigenvalue weighted by molar-refractivity contribution is 9.10. The van der Waals surface area contributed by atoms with E-state index in [0.717, 1.165) is 0 Å². The number of halogens is 1. The van der Waals surface area contributed by atoms with Crippen molar-refractivity contribution in [3.63, 3.8) is 0 Å². The van der Waals surface area contributed by atoms with E-state index in [4.69, 9.17) is 0 Å². The van der Waals surface area contributed by atoms with Crippen LogP contribution in [0.1, 0.15) is 45.2 Å². The lowest BCUT2D eigenvalue weighted by atomic mass is 9.82. The normalized spacial score (nSPS) is 22.1. The predicted octanol–water partition coefficient (Wildman–Crippen LogP) is 4.41. The Balaban J connectivity index is 2.66. The molecule has 0 aromatic heterocycles. The maximum Gasteiger partial charge on any atom is 0.0178 e. The zero-order valence-corrected chi connectivity index (χ0v) is 10.9. The third-order valence-corrected chi connectivity index (χ3v) is 3.82. The Morgan fingerprint density at radius 2 is 1.57 bits per heavy atom. The number of hydrogen-bond acceptors (Lipinski definition) is 0. The fraction of sp³-hybridized carbons (Fsp3) is 0.538. The van der Waals surface area contributed by atoms with Gasteiger partial charge in [-0.05, 0) is 40.5 Å². The van der Waals surface area contributed by atoms with E-state index in [1.165, 1.54) is 22.0 Å². The summed E-state index contributed by atoms with van der Waals surface area (Å²) >= 11 is 3.55. The van der Waals surface area contributed by atoms with Gasteiger partial charge in [-0.3, -0.25) is 0 Å². The zero-order chi connectivity index (χ0) is 10.6. The minimum atomic E-state index is 0.322. The van der Waals surface area contributed by atoms with Crippen molar-refractivity contribution in [3.8, 4) is 0 Å². The summed E-state index contributed by atoms with van der Waals surface area (Å²) in [7, 11) is 0. The van der Waals surface area contributed by atoms with E-state index in [-0.39, 0.29) is 0 Å². The Bertz CT molecular complexity index is 375. The topological polar surface area (TPSA) is 0 Å². The molecule has 0 radical (unpaired) electrons. The van der Waals surface area contributed by atoms with Crippen molar-refractivity contribution < 1.29 is 0 Å². The molecule has 0 aliphatic heterocycles. The first-order valence-electron chi connectivity index (χ1n) is 5.13. The van der Waals surface area contributed by atoms with Crippen LogP contribution in [-0.2, 0) is 10.8 Å². The summed E-state index contributed by atoms with van der Waals surface area (Å²) in [5.74, 6) is 0. The molecule has 0 amide bonds. The van der Waals surface area contributed by atoms with Gasteiger partial charge in [-0.25, -0.2) is 0 Å². The first-order chi connectivity index (χ1) is 6.33. The second kappa shape index (κ2) is 2.85. The van der Waals surface area contributed by atoms with Crippen LogP contribution in [0.5, 0.6) is 0 Å². The van der Waals surface area contributed by atoms with Gasteiger partial charge in [-0.15, -0.1) is 0 Å². The van der Waals surface area contributed by atoms with Crippen molar-refractivity contribution >= 4 is 15.9 Å². The van der Waals surface area contributed by atoms with Crippen LogP contribution in [0.4, 0.5) is 0 Å². The SMILES string of the molecule is CC1(C)CC(C)(C)c2cc(Br)ccc21. The minimum Gasteiger partial charge on any atom is -0.0571 e. The van der Waals surface area contributed by atoms with Crippen LogP contribution in [-0.4, -0.2) is 0 Å². The molecule has 76 valence electrons. The van der Waals surface area contributed by atoms with Crippen molar-refractivity contribution in [3.05, 3.63) is 33.8 Å². The van der Waals surface area contributed by atoms with E-state index in [2.05, 4.69) is 61.8 Å². The number of rotatable bonds is 0. The van der Waals surface area contributed by atoms with Crippen molar-refractivity contribution in [1.29, 1.82) is 0 Å². The monoisotopic (exact) mass is 252 g/mol. The van der Waals surface area contributed by atoms with E-state index in [1.807, 2.05) is 0 Å². The van der Waals surface area contributed by atoms with Gasteiger partial charge >= 0.3 is 0 Å². The van der Waals surface area contributed by atoms with Gasteiger partial charge in [0.15, 0.2) is 0 Å². The van der Waals surface area contributed by atoms with Gasteiger partial charge < -0.3 is 0 Å². The van der Waals surface area contributed by atoms with Gasteiger partial charge in [0.25, 0.3) is 0 Å². The van der Waals surface area contributed by atoms with Crippen molar-refractivity contribution in [2.75, 3.05) is 0 Å². The summed E-state index contributed by atoms with van der Waals surface area (Å²) in [4.78, 5) is 0. The lowest BCUT2D eigenvalue weighted by molar-refractivity contribution is 0.403. The third kappa shape index (κ3) is 1.42. The molecule has 1 heteroatoms. The fourth-order valence-corrected chi connectivity index (χ4v) is 3.32. The molecular weight excluding hydrogens is 236 g/mol. The smallest absolute Gasteiger partial charge is 0.0178 e. The lowest BCUT2D eigenvalue weighted by Gasteiger charge is -2.22. The highest BCUT2D eigenvalue weighted by Crippen LogP contribution is 2.49. The van der Waals surface area contributed by atoms with E-state index in [1.54, 1.807) is 0 Å². The molecule has 0 saturated carbocycles. The fourth-order valence-electron chi connectivity index (χ4n) is 2.96. The number of benzene rings is 1. The predicted molar refractivity (Wildman–Crippen MR) is 64.8 cm³/mol. The molecule has 0 atom stereocenters. The highest BCUT2D eigenvalue weighted by atomic mass is 79.9. The largest absolute Gasteiger partial charge is 0.0571 e. The molecule has 0 nitrogen and oxygen atoms in total. The molecule has 1 aromatic rings. The second-order valence-electron chi connectivity index (χ2n) is 5.63. The number of fused-ring (bicyclic) bond motifs is 1. The van der Waals surface area contributed by atoms with Crippen LogP contribution in [0.25, 0.3) is 0 Å². The van der Waals surface area contributed by atoms with Gasteiger partial charge in [0.05, 0.1) is 0 Å². The molecule has 2 rings (SSSR count). The average Bonchev–Trinajstić information content (AvgIpc) is 2.17. The maximum atomic E-state index is 3.55. The van der Waals surface area contributed by atoms with E-state index >= 15 is 0 Å². The summed E-state index contributed by atoms with van der Waals surface area (Å²) in [5, 5.41) is 0. The summed E-state index contributed by atoms with van der Waals surface area (Å²) in [6.07, 6.45) is 1.24. The lowest BCUT2D eigenvalue weighted by Crippen LogP contribution is -2.17. The molecule has 0 spiro atoms. The van der Waals surface area contributed by atoms with E-state index in [9.17, 15) is 0 Å². The van der Waals surface area contributed by atoms with Crippen LogP contribution in [0.2, 0.25) is 0 Å². The number of hydrogen-bond donors (Lipinski definition) is 0. The molecule has 1 aliphatic rings. The quantitative estimate of drug-likeness (QED) is 0.642. The molecule has 0 saturated heterocycles. The maximum absolute atomic E-state index is 3.55. The van der Waals surface area contributed by atoms with Gasteiger partial charge in [0.1, 0.15) is 0 Å². The Hall–Kier alpha value is -0.300. The van der Waals surface area contributed by atoms with Crippen LogP contribution in [0, 0.1) is 0 Å². The van der Waals surface area contributed by atoms with Crippen LogP contribution >= 0.6 is 15.9 Å². The van der Waals surface area contributed by atoms with Crippen LogP contribution in [0.3, 0.4) is 0 Å². The first kappa shape index (κ1) is 10.2. The van der Waals surface area contributed by atoms with Crippen molar-refractivity contribution in [1.82, 2.24) is 0 Å². The summed E-state index contributed by atoms with van der Waals surface area (Å²) in [6, 6.07) is 6.71. The molecule has 14 heavy (non-hydrogen) atoms. The van der Waals surface area contributed by atoms with E-state index < -0.39 is 0 Å². The summed E-state index contributed by atoms with van der Waals surface area (Å²) < 4.78 is 1.20. The van der Waals surface area contributed by atoms with Crippen molar-refractivity contribution in [2.24, 2.45) is 0 Å². The van der Waals surface area contributed by atoms with Gasteiger partial charge in [0.2, 0.25) is 0 Å². The zero-order valence-electron chi connectivity index (χ0n) is 9.32. The van der Waals surface area contributed by atoms with Gasteiger partial charge in [-0.2, -0.15) is 0 Å². The first-order valence-corrected chi connectivity index (χ1v) is 5.93. The third-order valence-electron chi connectivity index (χ3n) is 3.32. The van der Waals surface area contributed by atoms with Crippen LogP contribution in [0.15, 0.2) is 22.7 Å². The van der Waals surface area contributed by atoms with E-state index in [0.29, 0.717) is 10.8 Å². The molecule has 0 bridgehead atoms. The highest BCUT2D eigenvalue weighted by Gasteiger charge is 2.41. The van der Waals surface area contributed by atoms with Gasteiger partial charge in [0, 0.05) is 4.47 Å². The molecule has 0 fully saturated rings. The van der Waals surface area contributed by atoms with Gasteiger partial charge in [-0.1, -0.05) is 49.7 Å². The summed E-state index contributed by atoms with van der Waals surface area (Å²) in [6.45, 7) is 9.36. The average molecular weight is 253 g/mol. The molecule has 0 unspecified atom stereocenters. The molecule has 1 aliphatic carbocycles. The standard InChI is InChI=1S/C13H17Br/c1-12(2)8-13(3,4)11-7-9(14)5-6-10(11)12/h5-7H,8H2,1-4H3. The molecule has 0 N–H and O–H groups in total. The molecule has 1 aromatic carbocycles. The Labute approximate surface area is 94.8 Å². The minimum absolute atomic E-state index is 0.322. The second-order valence-corrected chi connectivity index (χ2v) is 6.55. The Morgan fingerprint density at radius 3 is 2.21 bits per heavy atom.